The van der Waals surface area contributed by atoms with Gasteiger partial charge in [0.1, 0.15) is 25.6 Å². The number of ether oxygens (including phenoxy) is 2. The molecule has 0 aliphatic carbocycles. The molecule has 0 saturated heterocycles. The predicted octanol–water partition coefficient (Wildman–Crippen LogP) is 6.35. The molecule has 45 heavy (non-hydrogen) atoms. The summed E-state index contributed by atoms with van der Waals surface area (Å²) in [6.45, 7) is 0.110. The molecule has 0 saturated carbocycles. The lowest BCUT2D eigenvalue weighted by atomic mass is 10.2. The molecule has 2 unspecified atom stereocenters. The number of carbonyl (C=O) groups excluding carboxylic acids is 3. The fourth-order valence-electron chi connectivity index (χ4n) is 4.16. The van der Waals surface area contributed by atoms with Gasteiger partial charge >= 0.3 is 19.5 Å². The van der Waals surface area contributed by atoms with Gasteiger partial charge in [-0.15, -0.1) is 0 Å². The second-order valence-corrected chi connectivity index (χ2v) is 12.0. The summed E-state index contributed by atoms with van der Waals surface area (Å²) < 4.78 is 35.4. The lowest BCUT2D eigenvalue weighted by Gasteiger charge is -2.27. The predicted molar refractivity (Wildman–Crippen MR) is 166 cm³/mol. The Labute approximate surface area is 261 Å². The summed E-state index contributed by atoms with van der Waals surface area (Å²) in [5, 5.41) is 0.857. The maximum Gasteiger partial charge on any atom is 0.379 e. The average molecular weight is 632 g/mol. The molecule has 1 amide bonds. The molecule has 234 valence electrons. The first-order valence-corrected chi connectivity index (χ1v) is 15.9. The Morgan fingerprint density at radius 3 is 1.76 bits per heavy atom. The largest absolute Gasteiger partial charge is 0.459 e. The number of rotatable bonds is 17. The number of esters is 2. The van der Waals surface area contributed by atoms with Crippen molar-refractivity contribution in [2.45, 2.75) is 32.3 Å². The molecule has 0 fully saturated rings. The number of hydrogen-bond acceptors (Lipinski definition) is 9. The second kappa shape index (κ2) is 16.9. The lowest BCUT2D eigenvalue weighted by molar-refractivity contribution is -0.203. The normalized spacial score (nSPS) is 12.7. The zero-order chi connectivity index (χ0) is 31.9. The van der Waals surface area contributed by atoms with Gasteiger partial charge in [0, 0.05) is 7.11 Å². The molecule has 11 heteroatoms. The Kier molecular flexibility index (Phi) is 12.5. The van der Waals surface area contributed by atoms with E-state index in [1.165, 1.54) is 31.4 Å². The van der Waals surface area contributed by atoms with Crippen LogP contribution < -0.4 is 4.52 Å². The molecule has 0 aromatic heterocycles. The van der Waals surface area contributed by atoms with Gasteiger partial charge in [0.25, 0.3) is 0 Å². The van der Waals surface area contributed by atoms with E-state index in [-0.39, 0.29) is 43.7 Å². The van der Waals surface area contributed by atoms with Gasteiger partial charge in [-0.1, -0.05) is 91.0 Å². The quantitative estimate of drug-likeness (QED) is 0.0568. The van der Waals surface area contributed by atoms with Gasteiger partial charge < -0.3 is 18.5 Å². The second-order valence-electron chi connectivity index (χ2n) is 9.82. The minimum atomic E-state index is -3.83. The van der Waals surface area contributed by atoms with Gasteiger partial charge in [-0.05, 0) is 47.4 Å². The molecular weight excluding hydrogens is 597 g/mol. The van der Waals surface area contributed by atoms with Crippen molar-refractivity contribution in [3.05, 3.63) is 138 Å². The third-order valence-corrected chi connectivity index (χ3v) is 8.48. The zero-order valence-corrected chi connectivity index (χ0v) is 25.6. The van der Waals surface area contributed by atoms with Crippen molar-refractivity contribution < 1.29 is 42.3 Å². The molecule has 0 spiro atoms. The molecular formula is C34H34NO9P. The van der Waals surface area contributed by atoms with Crippen LogP contribution in [0.1, 0.15) is 33.5 Å². The fraction of sp³-hybridized carbons (Fsp3) is 0.206. The van der Waals surface area contributed by atoms with Gasteiger partial charge in [0.05, 0.1) is 11.7 Å². The molecule has 0 heterocycles. The number of hydroxylamine groups is 2. The highest BCUT2D eigenvalue weighted by Crippen LogP contribution is 2.48. The Morgan fingerprint density at radius 2 is 1.24 bits per heavy atom. The van der Waals surface area contributed by atoms with Crippen LogP contribution in [0.5, 0.6) is 5.75 Å². The Balaban J connectivity index is 1.40. The highest BCUT2D eigenvalue weighted by molar-refractivity contribution is 7.54. The zero-order valence-electron chi connectivity index (χ0n) is 24.7. The molecule has 2 atom stereocenters. The minimum Gasteiger partial charge on any atom is -0.459 e. The summed E-state index contributed by atoms with van der Waals surface area (Å²) >= 11 is 0. The molecule has 0 aliphatic rings. The Hall–Kier alpha value is -4.76. The van der Waals surface area contributed by atoms with Crippen LogP contribution in [-0.4, -0.2) is 42.7 Å². The van der Waals surface area contributed by atoms with Gasteiger partial charge in [-0.3, -0.25) is 9.63 Å². The minimum absolute atomic E-state index is 0.0145. The molecule has 0 radical (unpaired) electrons. The van der Waals surface area contributed by atoms with Crippen LogP contribution in [0.3, 0.4) is 0 Å². The molecule has 0 N–H and O–H groups in total. The van der Waals surface area contributed by atoms with Crippen molar-refractivity contribution in [2.24, 2.45) is 0 Å². The van der Waals surface area contributed by atoms with E-state index in [2.05, 4.69) is 0 Å². The standard InChI is InChI=1S/C34H34NO9P/c1-40-45(39,44-31-19-17-30(18-20-31)33(37)41-23-27-11-5-2-6-12-27)22-21-32(34(38)42-24-28-13-7-3-8-14-28)35(26-36)43-25-29-15-9-4-10-16-29/h2-20,26,32H,21-25H2,1H3. The summed E-state index contributed by atoms with van der Waals surface area (Å²) in [6.07, 6.45) is -0.0315. The van der Waals surface area contributed by atoms with Crippen LogP contribution in [0.15, 0.2) is 115 Å². The van der Waals surface area contributed by atoms with Crippen LogP contribution in [0.4, 0.5) is 0 Å². The van der Waals surface area contributed by atoms with E-state index < -0.39 is 25.6 Å². The van der Waals surface area contributed by atoms with E-state index in [4.69, 9.17) is 23.4 Å². The third kappa shape index (κ3) is 10.4. The summed E-state index contributed by atoms with van der Waals surface area (Å²) in [4.78, 5) is 43.4. The van der Waals surface area contributed by atoms with Crippen LogP contribution >= 0.6 is 7.60 Å². The highest BCUT2D eigenvalue weighted by atomic mass is 31.2. The molecule has 0 bridgehead atoms. The van der Waals surface area contributed by atoms with Gasteiger partial charge in [0.2, 0.25) is 6.41 Å². The Bertz CT molecular complexity index is 1550. The first kappa shape index (κ1) is 33.1. The smallest absolute Gasteiger partial charge is 0.379 e. The topological polar surface area (TPSA) is 118 Å². The van der Waals surface area contributed by atoms with Crippen molar-refractivity contribution in [3.63, 3.8) is 0 Å². The van der Waals surface area contributed by atoms with Gasteiger partial charge in [0.15, 0.2) is 6.04 Å². The summed E-state index contributed by atoms with van der Waals surface area (Å²) in [6, 6.07) is 32.1. The summed E-state index contributed by atoms with van der Waals surface area (Å²) in [5.41, 5.74) is 2.67. The number of nitrogens with zero attached hydrogens (tertiary/aromatic N) is 1. The van der Waals surface area contributed by atoms with E-state index in [0.29, 0.717) is 6.41 Å². The molecule has 4 aromatic carbocycles. The van der Waals surface area contributed by atoms with Crippen LogP contribution in [0.2, 0.25) is 0 Å². The number of carbonyl (C=O) groups is 3. The summed E-state index contributed by atoms with van der Waals surface area (Å²) in [7, 11) is -2.61. The van der Waals surface area contributed by atoms with Crippen molar-refractivity contribution in [2.75, 3.05) is 13.3 Å². The highest BCUT2D eigenvalue weighted by Gasteiger charge is 2.34. The maximum atomic E-state index is 13.6. The number of amides is 1. The molecule has 10 nitrogen and oxygen atoms in total. The van der Waals surface area contributed by atoms with Crippen molar-refractivity contribution in [3.8, 4) is 5.75 Å². The van der Waals surface area contributed by atoms with Crippen LogP contribution in [-0.2, 0) is 52.8 Å². The number of hydrogen-bond donors (Lipinski definition) is 0. The monoisotopic (exact) mass is 631 g/mol. The fourth-order valence-corrected chi connectivity index (χ4v) is 5.52. The SMILES string of the molecule is COP(=O)(CCC(C(=O)OCc1ccccc1)N(C=O)OCc1ccccc1)Oc1ccc(C(=O)OCc2ccccc2)cc1. The van der Waals surface area contributed by atoms with E-state index >= 15 is 0 Å². The van der Waals surface area contributed by atoms with Gasteiger partial charge in [-0.25, -0.2) is 19.2 Å². The van der Waals surface area contributed by atoms with Crippen LogP contribution in [0, 0.1) is 0 Å². The van der Waals surface area contributed by atoms with E-state index in [1.54, 1.807) is 12.1 Å². The summed E-state index contributed by atoms with van der Waals surface area (Å²) in [5.74, 6) is -1.10. The van der Waals surface area contributed by atoms with E-state index in [0.717, 1.165) is 21.8 Å². The first-order valence-electron chi connectivity index (χ1n) is 14.2. The van der Waals surface area contributed by atoms with Crippen molar-refractivity contribution in [1.29, 1.82) is 0 Å². The Morgan fingerprint density at radius 1 is 0.733 bits per heavy atom. The van der Waals surface area contributed by atoms with Gasteiger partial charge in [-0.2, -0.15) is 0 Å². The lowest BCUT2D eigenvalue weighted by Crippen LogP contribution is -2.42. The average Bonchev–Trinajstić information content (AvgIpc) is 3.09. The number of benzene rings is 4. The molecule has 0 aliphatic heterocycles. The van der Waals surface area contributed by atoms with Crippen molar-refractivity contribution in [1.82, 2.24) is 5.06 Å². The van der Waals surface area contributed by atoms with Crippen LogP contribution in [0.25, 0.3) is 0 Å². The van der Waals surface area contributed by atoms with E-state index in [9.17, 15) is 18.9 Å². The third-order valence-electron chi connectivity index (χ3n) is 6.63. The first-order chi connectivity index (χ1) is 21.9. The van der Waals surface area contributed by atoms with E-state index in [1.807, 2.05) is 78.9 Å². The molecule has 4 aromatic rings. The molecule has 4 rings (SSSR count). The maximum absolute atomic E-state index is 13.6. The van der Waals surface area contributed by atoms with Crippen molar-refractivity contribution >= 4 is 25.9 Å².